The van der Waals surface area contributed by atoms with Gasteiger partial charge in [-0.05, 0) is 116 Å². The summed E-state index contributed by atoms with van der Waals surface area (Å²) in [5.41, 5.74) is 7.60. The van der Waals surface area contributed by atoms with E-state index in [0.717, 1.165) is 29.2 Å². The van der Waals surface area contributed by atoms with E-state index in [4.69, 9.17) is 0 Å². The highest BCUT2D eigenvalue weighted by atomic mass is 16.4. The third-order valence-electron chi connectivity index (χ3n) is 7.85. The molecule has 3 aliphatic rings. The van der Waals surface area contributed by atoms with Gasteiger partial charge in [0, 0.05) is 17.2 Å². The van der Waals surface area contributed by atoms with Crippen molar-refractivity contribution in [2.45, 2.75) is 82.6 Å². The van der Waals surface area contributed by atoms with Gasteiger partial charge in [0.25, 0.3) is 0 Å². The first-order valence-electron chi connectivity index (χ1n) is 12.6. The summed E-state index contributed by atoms with van der Waals surface area (Å²) < 4.78 is 0. The Morgan fingerprint density at radius 2 is 1.76 bits per heavy atom. The average molecular weight is 442 g/mol. The van der Waals surface area contributed by atoms with Crippen molar-refractivity contribution >= 4 is 5.97 Å². The Balaban J connectivity index is 1.46. The molecule has 172 valence electrons. The fourth-order valence-electron chi connectivity index (χ4n) is 5.19. The lowest BCUT2D eigenvalue weighted by Crippen LogP contribution is -2.34. The van der Waals surface area contributed by atoms with Crippen molar-refractivity contribution in [1.29, 1.82) is 0 Å². The first-order valence-corrected chi connectivity index (χ1v) is 12.6. The van der Waals surface area contributed by atoms with Crippen molar-refractivity contribution in [3.8, 4) is 11.8 Å². The van der Waals surface area contributed by atoms with Crippen molar-refractivity contribution in [2.24, 2.45) is 5.92 Å². The molecule has 3 aliphatic carbocycles. The molecule has 0 aliphatic heterocycles. The van der Waals surface area contributed by atoms with Crippen molar-refractivity contribution < 1.29 is 9.90 Å². The molecule has 3 heteroatoms. The summed E-state index contributed by atoms with van der Waals surface area (Å²) in [5, 5.41) is 13.1. The fourth-order valence-corrected chi connectivity index (χ4v) is 5.19. The number of carbonyl (C=O) groups is 1. The van der Waals surface area contributed by atoms with Gasteiger partial charge in [0.05, 0.1) is 5.92 Å². The van der Waals surface area contributed by atoms with Gasteiger partial charge in [-0.1, -0.05) is 37.8 Å². The smallest absolute Gasteiger partial charge is 0.310 e. The van der Waals surface area contributed by atoms with Crippen LogP contribution in [0.2, 0.25) is 0 Å². The fraction of sp³-hybridized carbons (Fsp3) is 0.500. The summed E-state index contributed by atoms with van der Waals surface area (Å²) in [7, 11) is 0. The monoisotopic (exact) mass is 441 g/mol. The molecule has 2 atom stereocenters. The second-order valence-corrected chi connectivity index (χ2v) is 11.1. The van der Waals surface area contributed by atoms with Crippen molar-refractivity contribution in [2.75, 3.05) is 6.54 Å². The Bertz CT molecular complexity index is 1110. The molecule has 3 nitrogen and oxygen atoms in total. The van der Waals surface area contributed by atoms with E-state index in [1.807, 2.05) is 24.3 Å². The summed E-state index contributed by atoms with van der Waals surface area (Å²) in [5.74, 6) is 7.03. The van der Waals surface area contributed by atoms with Crippen molar-refractivity contribution in [3.63, 3.8) is 0 Å². The molecule has 0 aromatic heterocycles. The second kappa shape index (κ2) is 8.65. The van der Waals surface area contributed by atoms with Gasteiger partial charge < -0.3 is 10.4 Å². The quantitative estimate of drug-likeness (QED) is 0.520. The van der Waals surface area contributed by atoms with Gasteiger partial charge in [-0.2, -0.15) is 0 Å². The molecule has 5 rings (SSSR count). The Hall–Kier alpha value is -2.57. The topological polar surface area (TPSA) is 49.3 Å². The van der Waals surface area contributed by atoms with E-state index in [9.17, 15) is 9.90 Å². The lowest BCUT2D eigenvalue weighted by molar-refractivity contribution is -0.138. The number of aliphatic carboxylic acids is 1. The van der Waals surface area contributed by atoms with Crippen LogP contribution in [0.25, 0.3) is 0 Å². The normalized spacial score (nSPS) is 22.1. The molecule has 2 fully saturated rings. The van der Waals surface area contributed by atoms with Crippen LogP contribution in [0, 0.1) is 17.8 Å². The molecule has 0 radical (unpaired) electrons. The number of carboxylic acids is 1. The van der Waals surface area contributed by atoms with Crippen LogP contribution in [0.1, 0.15) is 111 Å². The lowest BCUT2D eigenvalue weighted by Gasteiger charge is -2.39. The zero-order valence-electron chi connectivity index (χ0n) is 20.1. The zero-order valence-corrected chi connectivity index (χ0v) is 20.1. The van der Waals surface area contributed by atoms with E-state index in [1.54, 1.807) is 12.5 Å². The van der Waals surface area contributed by atoms with Crippen LogP contribution in [-0.2, 0) is 10.2 Å². The van der Waals surface area contributed by atoms with Gasteiger partial charge in [-0.25, -0.2) is 0 Å². The Kier molecular flexibility index (Phi) is 5.83. The van der Waals surface area contributed by atoms with Crippen LogP contribution in [0.4, 0.5) is 0 Å². The number of benzene rings is 2. The minimum atomic E-state index is -0.803. The summed E-state index contributed by atoms with van der Waals surface area (Å²) >= 11 is 0. The Labute approximate surface area is 198 Å². The van der Waals surface area contributed by atoms with Gasteiger partial charge in [0.1, 0.15) is 0 Å². The third-order valence-corrected chi connectivity index (χ3v) is 7.85. The molecule has 0 heterocycles. The van der Waals surface area contributed by atoms with Gasteiger partial charge in [0.15, 0.2) is 0 Å². The molecule has 0 saturated heterocycles. The molecule has 2 saturated carbocycles. The van der Waals surface area contributed by atoms with Crippen LogP contribution in [0.15, 0.2) is 36.4 Å². The lowest BCUT2D eigenvalue weighted by atomic mass is 9.68. The minimum Gasteiger partial charge on any atom is -0.481 e. The van der Waals surface area contributed by atoms with Crippen LogP contribution >= 0.6 is 0 Å². The average Bonchev–Trinajstić information content (AvgIpc) is 3.70. The van der Waals surface area contributed by atoms with E-state index in [-0.39, 0.29) is 5.41 Å². The highest BCUT2D eigenvalue weighted by Crippen LogP contribution is 2.50. The van der Waals surface area contributed by atoms with E-state index < -0.39 is 11.9 Å². The van der Waals surface area contributed by atoms with E-state index in [0.29, 0.717) is 12.0 Å². The van der Waals surface area contributed by atoms with Crippen molar-refractivity contribution in [1.82, 2.24) is 5.32 Å². The summed E-state index contributed by atoms with van der Waals surface area (Å²) in [6.45, 7) is 7.65. The van der Waals surface area contributed by atoms with Gasteiger partial charge >= 0.3 is 5.97 Å². The number of hydrogen-bond acceptors (Lipinski definition) is 2. The first-order chi connectivity index (χ1) is 15.8. The summed E-state index contributed by atoms with van der Waals surface area (Å²) in [6, 6.07) is 12.8. The highest BCUT2D eigenvalue weighted by molar-refractivity contribution is 5.75. The van der Waals surface area contributed by atoms with E-state index >= 15 is 0 Å². The minimum absolute atomic E-state index is 0.170. The largest absolute Gasteiger partial charge is 0.481 e. The number of fused-ring (bicyclic) bond motifs is 1. The van der Waals surface area contributed by atoms with E-state index in [1.165, 1.54) is 49.7 Å². The number of carboxylic acid groups (broad SMARTS) is 1. The molecule has 2 aromatic rings. The third kappa shape index (κ3) is 4.87. The Morgan fingerprint density at radius 3 is 2.39 bits per heavy atom. The predicted molar refractivity (Wildman–Crippen MR) is 133 cm³/mol. The molecular weight excluding hydrogens is 406 g/mol. The maximum absolute atomic E-state index is 11.2. The van der Waals surface area contributed by atoms with Crippen LogP contribution in [-0.4, -0.2) is 17.6 Å². The molecule has 0 bridgehead atoms. The molecule has 0 spiro atoms. The van der Waals surface area contributed by atoms with E-state index in [2.05, 4.69) is 43.1 Å². The first kappa shape index (κ1) is 22.2. The standard InChI is InChI=1S/C30H35NO2/c1-19(29(32)33)23-10-8-20(9-11-23)4-7-22-16-25(24-12-13-24)28-26(17-22)30(2,3)15-14-27(28)31-18-21-5-6-21/h8-11,16-17,19,21,24,27,31H,5-6,12-15,18H2,1-3H3,(H,32,33). The van der Waals surface area contributed by atoms with Crippen LogP contribution < -0.4 is 5.32 Å². The maximum Gasteiger partial charge on any atom is 0.310 e. The molecular formula is C30H35NO2. The number of nitrogens with one attached hydrogen (secondary N) is 1. The van der Waals surface area contributed by atoms with Crippen molar-refractivity contribution in [3.05, 3.63) is 69.8 Å². The Morgan fingerprint density at radius 1 is 1.06 bits per heavy atom. The SMILES string of the molecule is CC(C(=O)O)c1ccc(C#Cc2cc(C3CC3)c3c(c2)C(C)(C)CCC3NCC2CC2)cc1. The maximum atomic E-state index is 11.2. The van der Waals surface area contributed by atoms with Crippen LogP contribution in [0.3, 0.4) is 0 Å². The van der Waals surface area contributed by atoms with Gasteiger partial charge in [-0.15, -0.1) is 0 Å². The molecule has 2 aromatic carbocycles. The van der Waals surface area contributed by atoms with Gasteiger partial charge in [0.2, 0.25) is 0 Å². The van der Waals surface area contributed by atoms with Gasteiger partial charge in [-0.3, -0.25) is 4.79 Å². The number of hydrogen-bond donors (Lipinski definition) is 2. The molecule has 33 heavy (non-hydrogen) atoms. The molecule has 0 amide bonds. The molecule has 2 N–H and O–H groups in total. The molecule has 2 unspecified atom stereocenters. The highest BCUT2D eigenvalue weighted by Gasteiger charge is 2.38. The number of rotatable bonds is 6. The van der Waals surface area contributed by atoms with Crippen LogP contribution in [0.5, 0.6) is 0 Å². The summed E-state index contributed by atoms with van der Waals surface area (Å²) in [4.78, 5) is 11.2. The summed E-state index contributed by atoms with van der Waals surface area (Å²) in [6.07, 6.45) is 7.78. The zero-order chi connectivity index (χ0) is 23.2. The second-order valence-electron chi connectivity index (χ2n) is 11.1. The predicted octanol–water partition coefficient (Wildman–Crippen LogP) is 6.26.